The van der Waals surface area contributed by atoms with Crippen LogP contribution in [0.15, 0.2) is 36.4 Å². The summed E-state index contributed by atoms with van der Waals surface area (Å²) in [5.74, 6) is -2.27. The number of halogens is 3. The highest BCUT2D eigenvalue weighted by atomic mass is 127. The Balaban J connectivity index is 2.34. The fraction of sp³-hybridized carbons (Fsp3) is 0. The van der Waals surface area contributed by atoms with Gasteiger partial charge in [0.1, 0.15) is 11.6 Å². The van der Waals surface area contributed by atoms with Gasteiger partial charge in [-0.25, -0.2) is 8.78 Å². The molecule has 1 amide bonds. The third-order valence-corrected chi connectivity index (χ3v) is 3.52. The quantitative estimate of drug-likeness (QED) is 0.482. The van der Waals surface area contributed by atoms with Gasteiger partial charge in [0.2, 0.25) is 0 Å². The van der Waals surface area contributed by atoms with Crippen LogP contribution in [0, 0.1) is 25.3 Å². The van der Waals surface area contributed by atoms with E-state index in [-0.39, 0.29) is 16.9 Å². The summed E-state index contributed by atoms with van der Waals surface area (Å²) in [6.45, 7) is 0. The number of anilines is 1. The summed E-state index contributed by atoms with van der Waals surface area (Å²) in [7, 11) is 0. The smallest absolute Gasteiger partial charge is 0.270 e. The summed E-state index contributed by atoms with van der Waals surface area (Å²) in [4.78, 5) is 22.1. The van der Waals surface area contributed by atoms with Gasteiger partial charge in [-0.2, -0.15) is 0 Å². The van der Waals surface area contributed by atoms with Crippen molar-refractivity contribution in [2.45, 2.75) is 0 Å². The third-order valence-electron chi connectivity index (χ3n) is 2.58. The van der Waals surface area contributed by atoms with Crippen molar-refractivity contribution in [1.82, 2.24) is 0 Å². The second-order valence-electron chi connectivity index (χ2n) is 4.00. The number of carbonyl (C=O) groups excluding carboxylic acids is 1. The largest absolute Gasteiger partial charge is 0.319 e. The van der Waals surface area contributed by atoms with Crippen molar-refractivity contribution in [2.24, 2.45) is 0 Å². The Labute approximate surface area is 131 Å². The van der Waals surface area contributed by atoms with Gasteiger partial charge in [0.05, 0.1) is 16.2 Å². The van der Waals surface area contributed by atoms with Crippen molar-refractivity contribution < 1.29 is 18.5 Å². The molecule has 0 heterocycles. The first-order valence-electron chi connectivity index (χ1n) is 5.59. The van der Waals surface area contributed by atoms with Crippen molar-refractivity contribution in [1.29, 1.82) is 0 Å². The van der Waals surface area contributed by atoms with E-state index < -0.39 is 22.5 Å². The SMILES string of the molecule is O=C(Nc1cc(F)ccc1F)c1cc([N+](=O)[O-])ccc1I. The number of carbonyl (C=O) groups is 1. The van der Waals surface area contributed by atoms with Gasteiger partial charge in [0.15, 0.2) is 0 Å². The zero-order chi connectivity index (χ0) is 15.6. The van der Waals surface area contributed by atoms with Crippen LogP contribution < -0.4 is 5.32 Å². The highest BCUT2D eigenvalue weighted by Gasteiger charge is 2.17. The average molecular weight is 404 g/mol. The second-order valence-corrected chi connectivity index (χ2v) is 5.16. The predicted molar refractivity (Wildman–Crippen MR) is 80.1 cm³/mol. The first-order chi connectivity index (χ1) is 9.88. The predicted octanol–water partition coefficient (Wildman–Crippen LogP) is 3.73. The van der Waals surface area contributed by atoms with Crippen molar-refractivity contribution in [2.75, 3.05) is 5.32 Å². The number of nitrogens with zero attached hydrogens (tertiary/aromatic N) is 1. The molecular formula is C13H7F2IN2O3. The Morgan fingerprint density at radius 2 is 1.90 bits per heavy atom. The summed E-state index contributed by atoms with van der Waals surface area (Å²) in [6.07, 6.45) is 0. The van der Waals surface area contributed by atoms with E-state index in [4.69, 9.17) is 0 Å². The molecule has 2 aromatic carbocycles. The van der Waals surface area contributed by atoms with Gasteiger partial charge in [-0.3, -0.25) is 14.9 Å². The molecule has 0 spiro atoms. The maximum absolute atomic E-state index is 13.5. The minimum absolute atomic E-state index is 0.00783. The van der Waals surface area contributed by atoms with E-state index in [1.54, 1.807) is 0 Å². The van der Waals surface area contributed by atoms with E-state index in [1.165, 1.54) is 12.1 Å². The van der Waals surface area contributed by atoms with Crippen molar-refractivity contribution in [3.8, 4) is 0 Å². The highest BCUT2D eigenvalue weighted by Crippen LogP contribution is 2.22. The fourth-order valence-electron chi connectivity index (χ4n) is 1.58. The van der Waals surface area contributed by atoms with Crippen LogP contribution in [0.3, 0.4) is 0 Å². The molecule has 0 aliphatic carbocycles. The zero-order valence-electron chi connectivity index (χ0n) is 10.3. The Bertz CT molecular complexity index is 737. The molecule has 0 aliphatic rings. The number of non-ortho nitro benzene ring substituents is 1. The Morgan fingerprint density at radius 3 is 2.57 bits per heavy atom. The molecule has 0 aliphatic heterocycles. The summed E-state index contributed by atoms with van der Waals surface area (Å²) in [6, 6.07) is 6.36. The van der Waals surface area contributed by atoms with Crippen molar-refractivity contribution in [3.63, 3.8) is 0 Å². The van der Waals surface area contributed by atoms with Crippen LogP contribution in [0.2, 0.25) is 0 Å². The standard InChI is InChI=1S/C13H7F2IN2O3/c14-7-1-3-10(15)12(5-7)17-13(19)9-6-8(18(20)21)2-4-11(9)16/h1-6H,(H,17,19). The number of hydrogen-bond donors (Lipinski definition) is 1. The topological polar surface area (TPSA) is 72.2 Å². The van der Waals surface area contributed by atoms with Crippen LogP contribution in [0.5, 0.6) is 0 Å². The molecule has 0 fully saturated rings. The van der Waals surface area contributed by atoms with E-state index in [2.05, 4.69) is 5.32 Å². The lowest BCUT2D eigenvalue weighted by atomic mass is 10.2. The molecule has 0 aromatic heterocycles. The van der Waals surface area contributed by atoms with Gasteiger partial charge in [-0.1, -0.05) is 0 Å². The minimum atomic E-state index is -0.801. The molecule has 0 saturated heterocycles. The van der Waals surface area contributed by atoms with Gasteiger partial charge >= 0.3 is 0 Å². The second kappa shape index (κ2) is 6.12. The van der Waals surface area contributed by atoms with Crippen LogP contribution in [0.25, 0.3) is 0 Å². The van der Waals surface area contributed by atoms with E-state index >= 15 is 0 Å². The normalized spacial score (nSPS) is 10.2. The molecule has 2 rings (SSSR count). The molecule has 0 bridgehead atoms. The van der Waals surface area contributed by atoms with Gasteiger partial charge in [-0.05, 0) is 40.8 Å². The molecule has 108 valence electrons. The lowest BCUT2D eigenvalue weighted by Crippen LogP contribution is -2.15. The molecule has 2 aromatic rings. The Kier molecular flexibility index (Phi) is 4.46. The van der Waals surface area contributed by atoms with E-state index in [0.29, 0.717) is 3.57 Å². The molecule has 0 radical (unpaired) electrons. The summed E-state index contributed by atoms with van der Waals surface area (Å²) >= 11 is 1.82. The van der Waals surface area contributed by atoms with E-state index in [1.807, 2.05) is 22.6 Å². The average Bonchev–Trinajstić information content (AvgIpc) is 2.43. The van der Waals surface area contributed by atoms with Gasteiger partial charge in [-0.15, -0.1) is 0 Å². The molecule has 0 atom stereocenters. The molecule has 0 unspecified atom stereocenters. The number of amides is 1. The third kappa shape index (κ3) is 3.51. The maximum atomic E-state index is 13.5. The molecule has 21 heavy (non-hydrogen) atoms. The van der Waals surface area contributed by atoms with Crippen molar-refractivity contribution >= 4 is 39.9 Å². The summed E-state index contributed by atoms with van der Waals surface area (Å²) < 4.78 is 27.0. The maximum Gasteiger partial charge on any atom is 0.270 e. The van der Waals surface area contributed by atoms with Gasteiger partial charge in [0.25, 0.3) is 11.6 Å². The number of hydrogen-bond acceptors (Lipinski definition) is 3. The zero-order valence-corrected chi connectivity index (χ0v) is 12.4. The summed E-state index contributed by atoms with van der Waals surface area (Å²) in [5, 5.41) is 12.9. The molecule has 1 N–H and O–H groups in total. The van der Waals surface area contributed by atoms with Crippen LogP contribution in [-0.2, 0) is 0 Å². The molecule has 5 nitrogen and oxygen atoms in total. The number of nitro groups is 1. The number of benzene rings is 2. The first-order valence-corrected chi connectivity index (χ1v) is 6.66. The first kappa shape index (κ1) is 15.3. The Morgan fingerprint density at radius 1 is 1.19 bits per heavy atom. The van der Waals surface area contributed by atoms with E-state index in [0.717, 1.165) is 24.3 Å². The minimum Gasteiger partial charge on any atom is -0.319 e. The van der Waals surface area contributed by atoms with Crippen LogP contribution >= 0.6 is 22.6 Å². The van der Waals surface area contributed by atoms with Crippen LogP contribution in [0.1, 0.15) is 10.4 Å². The number of nitro benzene ring substituents is 1. The van der Waals surface area contributed by atoms with Gasteiger partial charge in [0, 0.05) is 21.8 Å². The van der Waals surface area contributed by atoms with Crippen molar-refractivity contribution in [3.05, 3.63) is 67.3 Å². The number of rotatable bonds is 3. The monoisotopic (exact) mass is 404 g/mol. The molecule has 0 saturated carbocycles. The molecular weight excluding hydrogens is 397 g/mol. The number of nitrogens with one attached hydrogen (secondary N) is 1. The highest BCUT2D eigenvalue weighted by molar-refractivity contribution is 14.1. The van der Waals surface area contributed by atoms with Gasteiger partial charge < -0.3 is 5.32 Å². The molecule has 8 heteroatoms. The lowest BCUT2D eigenvalue weighted by molar-refractivity contribution is -0.384. The summed E-state index contributed by atoms with van der Waals surface area (Å²) in [5.41, 5.74) is -0.587. The van der Waals surface area contributed by atoms with Crippen LogP contribution in [0.4, 0.5) is 20.2 Å². The van der Waals surface area contributed by atoms with Crippen LogP contribution in [-0.4, -0.2) is 10.8 Å². The fourth-order valence-corrected chi connectivity index (χ4v) is 2.16. The van der Waals surface area contributed by atoms with E-state index in [9.17, 15) is 23.7 Å². The Hall–Kier alpha value is -2.10. The lowest BCUT2D eigenvalue weighted by Gasteiger charge is -2.08.